The summed E-state index contributed by atoms with van der Waals surface area (Å²) in [4.78, 5) is 13.4. The van der Waals surface area contributed by atoms with Gasteiger partial charge in [-0.25, -0.2) is 4.79 Å². The third-order valence-electron chi connectivity index (χ3n) is 2.31. The standard InChI is InChI=1S/C13H25NO2/c1-6-7-8-9-10-16-13(15)14(11(2)3)12(4)5/h9-12H,6-8H2,1-5H3. The molecule has 0 spiro atoms. The van der Waals surface area contributed by atoms with Crippen LogP contribution in [0.2, 0.25) is 0 Å². The number of ether oxygens (including phenoxy) is 1. The summed E-state index contributed by atoms with van der Waals surface area (Å²) in [6.07, 6.45) is 6.40. The Labute approximate surface area is 99.5 Å². The van der Waals surface area contributed by atoms with E-state index in [4.69, 9.17) is 4.74 Å². The molecule has 0 aromatic rings. The highest BCUT2D eigenvalue weighted by Gasteiger charge is 2.20. The molecule has 0 aliphatic heterocycles. The Hall–Kier alpha value is -0.990. The number of allylic oxidation sites excluding steroid dienone is 1. The predicted octanol–water partition coefficient (Wildman–Crippen LogP) is 3.95. The van der Waals surface area contributed by atoms with E-state index in [2.05, 4.69) is 6.92 Å². The summed E-state index contributed by atoms with van der Waals surface area (Å²) in [6.45, 7) is 10.1. The molecule has 0 unspecified atom stereocenters. The molecule has 3 nitrogen and oxygen atoms in total. The first-order chi connectivity index (χ1) is 7.50. The fourth-order valence-electron chi connectivity index (χ4n) is 1.58. The number of amides is 1. The maximum Gasteiger partial charge on any atom is 0.415 e. The van der Waals surface area contributed by atoms with Gasteiger partial charge < -0.3 is 9.64 Å². The van der Waals surface area contributed by atoms with Gasteiger partial charge in [0.15, 0.2) is 0 Å². The van der Waals surface area contributed by atoms with Crippen molar-refractivity contribution < 1.29 is 9.53 Å². The maximum absolute atomic E-state index is 11.7. The lowest BCUT2D eigenvalue weighted by molar-refractivity contribution is 0.109. The van der Waals surface area contributed by atoms with Crippen molar-refractivity contribution in [3.63, 3.8) is 0 Å². The molecule has 0 aromatic heterocycles. The fraction of sp³-hybridized carbons (Fsp3) is 0.769. The van der Waals surface area contributed by atoms with Crippen LogP contribution in [0.25, 0.3) is 0 Å². The molecule has 16 heavy (non-hydrogen) atoms. The fourth-order valence-corrected chi connectivity index (χ4v) is 1.58. The zero-order valence-electron chi connectivity index (χ0n) is 11.2. The molecule has 0 aromatic carbocycles. The second-order valence-corrected chi connectivity index (χ2v) is 4.49. The van der Waals surface area contributed by atoms with Crippen LogP contribution >= 0.6 is 0 Å². The van der Waals surface area contributed by atoms with Crippen LogP contribution in [0, 0.1) is 0 Å². The van der Waals surface area contributed by atoms with E-state index in [1.807, 2.05) is 33.8 Å². The summed E-state index contributed by atoms with van der Waals surface area (Å²) in [5.41, 5.74) is 0. The van der Waals surface area contributed by atoms with Gasteiger partial charge in [0.05, 0.1) is 6.26 Å². The minimum Gasteiger partial charge on any atom is -0.418 e. The third kappa shape index (κ3) is 5.79. The Morgan fingerprint density at radius 2 is 1.81 bits per heavy atom. The Kier molecular flexibility index (Phi) is 7.69. The number of carbonyl (C=O) groups is 1. The quantitative estimate of drug-likeness (QED) is 0.508. The molecule has 0 atom stereocenters. The second-order valence-electron chi connectivity index (χ2n) is 4.49. The summed E-state index contributed by atoms with van der Waals surface area (Å²) in [7, 11) is 0. The SMILES string of the molecule is CCCCC=COC(=O)N(C(C)C)C(C)C. The van der Waals surface area contributed by atoms with Gasteiger partial charge in [-0.05, 0) is 46.6 Å². The van der Waals surface area contributed by atoms with Gasteiger partial charge in [0, 0.05) is 12.1 Å². The van der Waals surface area contributed by atoms with Gasteiger partial charge in [0.2, 0.25) is 0 Å². The third-order valence-corrected chi connectivity index (χ3v) is 2.31. The van der Waals surface area contributed by atoms with Crippen molar-refractivity contribution in [3.8, 4) is 0 Å². The molecule has 0 saturated heterocycles. The van der Waals surface area contributed by atoms with E-state index in [0.717, 1.165) is 19.3 Å². The van der Waals surface area contributed by atoms with E-state index in [-0.39, 0.29) is 18.2 Å². The van der Waals surface area contributed by atoms with Crippen LogP contribution < -0.4 is 0 Å². The summed E-state index contributed by atoms with van der Waals surface area (Å²) < 4.78 is 5.08. The van der Waals surface area contributed by atoms with Crippen LogP contribution in [0.1, 0.15) is 53.9 Å². The molecule has 0 rings (SSSR count). The van der Waals surface area contributed by atoms with Gasteiger partial charge in [-0.3, -0.25) is 0 Å². The monoisotopic (exact) mass is 227 g/mol. The van der Waals surface area contributed by atoms with Gasteiger partial charge in [-0.1, -0.05) is 13.3 Å². The first kappa shape index (κ1) is 15.0. The number of hydrogen-bond donors (Lipinski definition) is 0. The number of nitrogens with zero attached hydrogens (tertiary/aromatic N) is 1. The van der Waals surface area contributed by atoms with Crippen LogP contribution in [-0.2, 0) is 4.74 Å². The van der Waals surface area contributed by atoms with Gasteiger partial charge in [-0.2, -0.15) is 0 Å². The molecule has 3 heteroatoms. The molecule has 1 amide bonds. The van der Waals surface area contributed by atoms with Crippen LogP contribution in [-0.4, -0.2) is 23.1 Å². The van der Waals surface area contributed by atoms with Gasteiger partial charge >= 0.3 is 6.09 Å². The molecule has 0 aliphatic carbocycles. The molecule has 94 valence electrons. The van der Waals surface area contributed by atoms with Crippen LogP contribution in [0.3, 0.4) is 0 Å². The molecule has 0 radical (unpaired) electrons. The van der Waals surface area contributed by atoms with Crippen molar-refractivity contribution in [2.45, 2.75) is 66.0 Å². The van der Waals surface area contributed by atoms with E-state index in [1.165, 1.54) is 6.26 Å². The summed E-state index contributed by atoms with van der Waals surface area (Å²) in [5.74, 6) is 0. The molecule has 0 saturated carbocycles. The average Bonchev–Trinajstić information content (AvgIpc) is 2.16. The lowest BCUT2D eigenvalue weighted by atomic mass is 10.2. The second kappa shape index (κ2) is 8.20. The van der Waals surface area contributed by atoms with Crippen molar-refractivity contribution in [3.05, 3.63) is 12.3 Å². The molecule has 0 fully saturated rings. The smallest absolute Gasteiger partial charge is 0.415 e. The van der Waals surface area contributed by atoms with E-state index >= 15 is 0 Å². The zero-order valence-corrected chi connectivity index (χ0v) is 11.2. The highest BCUT2D eigenvalue weighted by atomic mass is 16.5. The first-order valence-corrected chi connectivity index (χ1v) is 6.14. The minimum atomic E-state index is -0.266. The van der Waals surface area contributed by atoms with Crippen molar-refractivity contribution in [1.29, 1.82) is 0 Å². The maximum atomic E-state index is 11.7. The molecule has 0 bridgehead atoms. The predicted molar refractivity (Wildman–Crippen MR) is 67.3 cm³/mol. The molecule has 0 aliphatic rings. The summed E-state index contributed by atoms with van der Waals surface area (Å²) in [6, 6.07) is 0.327. The largest absolute Gasteiger partial charge is 0.418 e. The molecule has 0 heterocycles. The topological polar surface area (TPSA) is 29.5 Å². The van der Waals surface area contributed by atoms with Crippen LogP contribution in [0.5, 0.6) is 0 Å². The normalized spacial score (nSPS) is 11.4. The van der Waals surface area contributed by atoms with E-state index in [9.17, 15) is 4.79 Å². The minimum absolute atomic E-state index is 0.163. The molecular weight excluding hydrogens is 202 g/mol. The van der Waals surface area contributed by atoms with Gasteiger partial charge in [0.25, 0.3) is 0 Å². The van der Waals surface area contributed by atoms with Gasteiger partial charge in [-0.15, -0.1) is 0 Å². The van der Waals surface area contributed by atoms with E-state index in [0.29, 0.717) is 0 Å². The van der Waals surface area contributed by atoms with Crippen molar-refractivity contribution in [2.75, 3.05) is 0 Å². The number of unbranched alkanes of at least 4 members (excludes halogenated alkanes) is 2. The Balaban J connectivity index is 4.07. The van der Waals surface area contributed by atoms with Crippen molar-refractivity contribution >= 4 is 6.09 Å². The lowest BCUT2D eigenvalue weighted by Gasteiger charge is -2.28. The van der Waals surface area contributed by atoms with Crippen LogP contribution in [0.15, 0.2) is 12.3 Å². The average molecular weight is 227 g/mol. The highest BCUT2D eigenvalue weighted by molar-refractivity contribution is 5.68. The Morgan fingerprint density at radius 3 is 2.25 bits per heavy atom. The first-order valence-electron chi connectivity index (χ1n) is 6.14. The van der Waals surface area contributed by atoms with E-state index < -0.39 is 0 Å². The van der Waals surface area contributed by atoms with E-state index in [1.54, 1.807) is 4.90 Å². The van der Waals surface area contributed by atoms with Crippen LogP contribution in [0.4, 0.5) is 4.79 Å². The number of hydrogen-bond acceptors (Lipinski definition) is 2. The van der Waals surface area contributed by atoms with Gasteiger partial charge in [0.1, 0.15) is 0 Å². The Bertz CT molecular complexity index is 214. The molecular formula is C13H25NO2. The summed E-state index contributed by atoms with van der Waals surface area (Å²) >= 11 is 0. The zero-order chi connectivity index (χ0) is 12.6. The highest BCUT2D eigenvalue weighted by Crippen LogP contribution is 2.07. The number of carbonyl (C=O) groups excluding carboxylic acids is 1. The molecule has 0 N–H and O–H groups in total. The van der Waals surface area contributed by atoms with Crippen molar-refractivity contribution in [2.24, 2.45) is 0 Å². The Morgan fingerprint density at radius 1 is 1.25 bits per heavy atom. The lowest BCUT2D eigenvalue weighted by Crippen LogP contribution is -2.41. The van der Waals surface area contributed by atoms with Crippen molar-refractivity contribution in [1.82, 2.24) is 4.90 Å². The summed E-state index contributed by atoms with van der Waals surface area (Å²) in [5, 5.41) is 0. The number of rotatable bonds is 6.